The van der Waals surface area contributed by atoms with Gasteiger partial charge in [-0.15, -0.1) is 0 Å². The molecule has 1 saturated heterocycles. The van der Waals surface area contributed by atoms with Crippen LogP contribution in [0.15, 0.2) is 0 Å². The van der Waals surface area contributed by atoms with Gasteiger partial charge in [0.15, 0.2) is 6.10 Å². The van der Waals surface area contributed by atoms with Crippen LogP contribution in [-0.2, 0) is 23.8 Å². The quantitative estimate of drug-likeness (QED) is 0.297. The first kappa shape index (κ1) is 31.2. The van der Waals surface area contributed by atoms with Crippen molar-refractivity contribution in [1.82, 2.24) is 0 Å². The molecule has 0 spiro atoms. The summed E-state index contributed by atoms with van der Waals surface area (Å²) in [6.07, 6.45) is -6.61. The zero-order valence-corrected chi connectivity index (χ0v) is 23.5. The van der Waals surface area contributed by atoms with Crippen LogP contribution >= 0.6 is 0 Å². The van der Waals surface area contributed by atoms with E-state index in [-0.39, 0.29) is 29.6 Å². The Hall–Kier alpha value is -1.30. The SMILES string of the molecule is CC(C)C1C(C)CCCC1OC(=O)C(O)[C@H]1O[C@](O)(C(=O)OC2CCCC(C)C2C(C)C)[C@H](O)[C@@H](O)[C@@H]1O. The lowest BCUT2D eigenvalue weighted by Crippen LogP contribution is -2.70. The molecule has 12 atom stereocenters. The molecule has 3 fully saturated rings. The summed E-state index contributed by atoms with van der Waals surface area (Å²) in [7, 11) is 0. The first-order valence-corrected chi connectivity index (χ1v) is 14.2. The average molecular weight is 545 g/mol. The number of rotatable bonds is 7. The molecule has 10 nitrogen and oxygen atoms in total. The minimum absolute atomic E-state index is 0.00991. The number of ether oxygens (including phenoxy) is 3. The summed E-state index contributed by atoms with van der Waals surface area (Å²) in [5.74, 6) is -4.47. The van der Waals surface area contributed by atoms with Crippen LogP contribution < -0.4 is 0 Å². The first-order chi connectivity index (χ1) is 17.7. The summed E-state index contributed by atoms with van der Waals surface area (Å²) >= 11 is 0. The van der Waals surface area contributed by atoms with Gasteiger partial charge in [0, 0.05) is 11.8 Å². The van der Waals surface area contributed by atoms with Crippen molar-refractivity contribution in [3.8, 4) is 0 Å². The summed E-state index contributed by atoms with van der Waals surface area (Å²) in [6.45, 7) is 12.3. The van der Waals surface area contributed by atoms with E-state index in [2.05, 4.69) is 13.8 Å². The number of aliphatic hydroxyl groups is 5. The molecule has 2 aliphatic carbocycles. The molecule has 0 aromatic rings. The van der Waals surface area contributed by atoms with Crippen molar-refractivity contribution in [2.75, 3.05) is 0 Å². The topological polar surface area (TPSA) is 163 Å². The molecule has 3 rings (SSSR count). The molecule has 0 bridgehead atoms. The van der Waals surface area contributed by atoms with Crippen LogP contribution in [0.1, 0.15) is 80.1 Å². The molecule has 1 aliphatic heterocycles. The van der Waals surface area contributed by atoms with Gasteiger partial charge in [0.05, 0.1) is 0 Å². The van der Waals surface area contributed by atoms with E-state index in [0.717, 1.165) is 25.7 Å². The minimum Gasteiger partial charge on any atom is -0.460 e. The predicted octanol–water partition coefficient (Wildman–Crippen LogP) is 1.53. The molecule has 1 heterocycles. The van der Waals surface area contributed by atoms with E-state index in [4.69, 9.17) is 14.2 Å². The number of carbonyl (C=O) groups excluding carboxylic acids is 2. The maximum Gasteiger partial charge on any atom is 0.369 e. The van der Waals surface area contributed by atoms with Crippen LogP contribution in [0.3, 0.4) is 0 Å². The highest BCUT2D eigenvalue weighted by molar-refractivity contribution is 5.80. The van der Waals surface area contributed by atoms with Gasteiger partial charge in [-0.1, -0.05) is 54.4 Å². The van der Waals surface area contributed by atoms with Crippen molar-refractivity contribution in [3.05, 3.63) is 0 Å². The molecule has 0 aromatic heterocycles. The average Bonchev–Trinajstić information content (AvgIpc) is 2.84. The second-order valence-electron chi connectivity index (χ2n) is 12.5. The molecule has 0 radical (unpaired) electrons. The lowest BCUT2D eigenvalue weighted by Gasteiger charge is -2.46. The summed E-state index contributed by atoms with van der Waals surface area (Å²) in [5.41, 5.74) is 0. The van der Waals surface area contributed by atoms with Crippen LogP contribution in [0.2, 0.25) is 0 Å². The lowest BCUT2D eigenvalue weighted by atomic mass is 9.72. The molecule has 38 heavy (non-hydrogen) atoms. The highest BCUT2D eigenvalue weighted by atomic mass is 16.7. The van der Waals surface area contributed by atoms with Crippen LogP contribution in [0.25, 0.3) is 0 Å². The number of hydrogen-bond acceptors (Lipinski definition) is 10. The van der Waals surface area contributed by atoms with Gasteiger partial charge in [0.2, 0.25) is 0 Å². The third kappa shape index (κ3) is 6.20. The Bertz CT molecular complexity index is 815. The van der Waals surface area contributed by atoms with Gasteiger partial charge < -0.3 is 39.7 Å². The molecule has 3 aliphatic rings. The molecule has 0 amide bonds. The Labute approximate surface area is 225 Å². The minimum atomic E-state index is -3.10. The molecule has 220 valence electrons. The fraction of sp³-hybridized carbons (Fsp3) is 0.929. The second kappa shape index (κ2) is 12.5. The Balaban J connectivity index is 1.76. The van der Waals surface area contributed by atoms with Gasteiger partial charge in [0.25, 0.3) is 5.79 Å². The highest BCUT2D eigenvalue weighted by Gasteiger charge is 2.61. The number of esters is 2. The molecule has 10 heteroatoms. The summed E-state index contributed by atoms with van der Waals surface area (Å²) in [5, 5.41) is 53.5. The third-order valence-electron chi connectivity index (χ3n) is 9.11. The fourth-order valence-electron chi connectivity index (χ4n) is 7.19. The molecule has 5 N–H and O–H groups in total. The zero-order chi connectivity index (χ0) is 28.5. The highest BCUT2D eigenvalue weighted by Crippen LogP contribution is 2.40. The number of hydrogen-bond donors (Lipinski definition) is 5. The van der Waals surface area contributed by atoms with Crippen molar-refractivity contribution in [2.24, 2.45) is 35.5 Å². The van der Waals surface area contributed by atoms with E-state index in [1.165, 1.54) is 0 Å². The van der Waals surface area contributed by atoms with Crippen LogP contribution in [0, 0.1) is 35.5 Å². The Morgan fingerprint density at radius 1 is 0.816 bits per heavy atom. The monoisotopic (exact) mass is 544 g/mol. The van der Waals surface area contributed by atoms with Gasteiger partial charge in [-0.25, -0.2) is 9.59 Å². The molecule has 7 unspecified atom stereocenters. The number of carbonyl (C=O) groups is 2. The predicted molar refractivity (Wildman–Crippen MR) is 136 cm³/mol. The number of aliphatic hydroxyl groups excluding tert-OH is 4. The standard InChI is InChI=1S/C28H48O10/c1-13(2)19-15(5)9-7-11-17(19)36-26(33)23(31)24-21(29)22(30)25(32)28(35,38-24)27(34)37-18-12-8-10-16(6)20(18)14(3)4/h13-25,29-32,35H,7-12H2,1-6H3/t15?,16?,17?,18?,19?,20?,21-,22-,23?,24-,25+,28-/m0/s1. The molecule has 2 saturated carbocycles. The fourth-order valence-corrected chi connectivity index (χ4v) is 7.19. The van der Waals surface area contributed by atoms with E-state index in [9.17, 15) is 35.1 Å². The zero-order valence-electron chi connectivity index (χ0n) is 23.5. The Kier molecular flexibility index (Phi) is 10.3. The van der Waals surface area contributed by atoms with Crippen molar-refractivity contribution in [1.29, 1.82) is 0 Å². The Morgan fingerprint density at radius 3 is 1.76 bits per heavy atom. The van der Waals surface area contributed by atoms with E-state index in [1.54, 1.807) is 0 Å². The molecular formula is C28H48O10. The van der Waals surface area contributed by atoms with Gasteiger partial charge in [0.1, 0.15) is 36.6 Å². The van der Waals surface area contributed by atoms with E-state index >= 15 is 0 Å². The van der Waals surface area contributed by atoms with Gasteiger partial charge >= 0.3 is 11.9 Å². The molecular weight excluding hydrogens is 496 g/mol. The van der Waals surface area contributed by atoms with Gasteiger partial charge in [-0.2, -0.15) is 0 Å². The van der Waals surface area contributed by atoms with E-state index in [0.29, 0.717) is 18.8 Å². The largest absolute Gasteiger partial charge is 0.460 e. The summed E-state index contributed by atoms with van der Waals surface area (Å²) in [6, 6.07) is 0. The lowest BCUT2D eigenvalue weighted by molar-refractivity contribution is -0.347. The van der Waals surface area contributed by atoms with Crippen molar-refractivity contribution in [2.45, 2.75) is 129 Å². The van der Waals surface area contributed by atoms with Crippen molar-refractivity contribution < 1.29 is 49.3 Å². The van der Waals surface area contributed by atoms with Crippen LogP contribution in [-0.4, -0.2) is 86.0 Å². The smallest absolute Gasteiger partial charge is 0.369 e. The maximum absolute atomic E-state index is 13.2. The summed E-state index contributed by atoms with van der Waals surface area (Å²) < 4.78 is 16.6. The summed E-state index contributed by atoms with van der Waals surface area (Å²) in [4.78, 5) is 26.2. The maximum atomic E-state index is 13.2. The van der Waals surface area contributed by atoms with Crippen LogP contribution in [0.5, 0.6) is 0 Å². The van der Waals surface area contributed by atoms with Gasteiger partial charge in [-0.05, 0) is 49.4 Å². The van der Waals surface area contributed by atoms with E-state index < -0.39 is 60.5 Å². The molecule has 0 aromatic carbocycles. The Morgan fingerprint density at radius 2 is 1.29 bits per heavy atom. The van der Waals surface area contributed by atoms with E-state index in [1.807, 2.05) is 27.7 Å². The van der Waals surface area contributed by atoms with Crippen molar-refractivity contribution in [3.63, 3.8) is 0 Å². The normalized spacial score (nSPS) is 43.1. The third-order valence-corrected chi connectivity index (χ3v) is 9.11. The first-order valence-electron chi connectivity index (χ1n) is 14.2. The van der Waals surface area contributed by atoms with Gasteiger partial charge in [-0.3, -0.25) is 0 Å². The van der Waals surface area contributed by atoms with Crippen LogP contribution in [0.4, 0.5) is 0 Å². The second-order valence-corrected chi connectivity index (χ2v) is 12.5. The van der Waals surface area contributed by atoms with Crippen molar-refractivity contribution >= 4 is 11.9 Å².